The van der Waals surface area contributed by atoms with Gasteiger partial charge in [-0.25, -0.2) is 4.39 Å². The van der Waals surface area contributed by atoms with Crippen LogP contribution in [0.25, 0.3) is 5.70 Å². The molecule has 10 heteroatoms. The molecule has 1 aromatic carbocycles. The van der Waals surface area contributed by atoms with Gasteiger partial charge in [-0.1, -0.05) is 6.08 Å². The Morgan fingerprint density at radius 2 is 2.03 bits per heavy atom. The van der Waals surface area contributed by atoms with Gasteiger partial charge in [0, 0.05) is 25.0 Å². The fourth-order valence-corrected chi connectivity index (χ4v) is 3.89. The summed E-state index contributed by atoms with van der Waals surface area (Å²) in [5, 5.41) is 15.7. The minimum Gasteiger partial charge on any atom is -0.394 e. The molecule has 1 fully saturated rings. The predicted octanol–water partition coefficient (Wildman–Crippen LogP) is 2.49. The number of carbonyl (C=O) groups is 1. The molecule has 3 N–H and O–H groups in total. The number of nitrogens with zero attached hydrogens (tertiary/aromatic N) is 1. The molecule has 1 atom stereocenters. The van der Waals surface area contributed by atoms with Crippen LogP contribution >= 0.6 is 0 Å². The lowest BCUT2D eigenvalue weighted by Gasteiger charge is -2.38. The molecule has 1 unspecified atom stereocenters. The predicted molar refractivity (Wildman–Crippen MR) is 103 cm³/mol. The van der Waals surface area contributed by atoms with Gasteiger partial charge in [0.2, 0.25) is 0 Å². The van der Waals surface area contributed by atoms with Gasteiger partial charge >= 0.3 is 6.18 Å². The topological polar surface area (TPSA) is 73.8 Å². The van der Waals surface area contributed by atoms with Gasteiger partial charge in [-0.15, -0.1) is 0 Å². The highest BCUT2D eigenvalue weighted by atomic mass is 19.4. The molecule has 0 saturated carbocycles. The van der Waals surface area contributed by atoms with Gasteiger partial charge in [0.05, 0.1) is 29.1 Å². The van der Waals surface area contributed by atoms with Crippen molar-refractivity contribution in [3.05, 3.63) is 65.3 Å². The van der Waals surface area contributed by atoms with E-state index in [-0.39, 0.29) is 17.9 Å². The quantitative estimate of drug-likeness (QED) is 0.629. The number of carbonyl (C=O) groups excluding carboxylic acids is 1. The van der Waals surface area contributed by atoms with Crippen molar-refractivity contribution in [2.45, 2.75) is 30.7 Å². The summed E-state index contributed by atoms with van der Waals surface area (Å²) in [6.45, 7) is 0.541. The molecule has 31 heavy (non-hydrogen) atoms. The van der Waals surface area contributed by atoms with Gasteiger partial charge in [-0.3, -0.25) is 4.79 Å². The molecule has 6 nitrogen and oxygen atoms in total. The van der Waals surface area contributed by atoms with E-state index in [0.717, 1.165) is 12.1 Å². The number of halogens is 4. The Labute approximate surface area is 175 Å². The number of ether oxygens (including phenoxy) is 1. The summed E-state index contributed by atoms with van der Waals surface area (Å²) < 4.78 is 58.6. The molecule has 166 valence electrons. The van der Waals surface area contributed by atoms with Crippen molar-refractivity contribution in [1.29, 1.82) is 0 Å². The molecule has 0 aromatic heterocycles. The highest BCUT2D eigenvalue weighted by Crippen LogP contribution is 2.35. The van der Waals surface area contributed by atoms with Crippen LogP contribution in [0.15, 0.2) is 48.3 Å². The molecule has 1 saturated heterocycles. The molecule has 3 heterocycles. The average molecular weight is 439 g/mol. The summed E-state index contributed by atoms with van der Waals surface area (Å²) in [7, 11) is 0. The third-order valence-corrected chi connectivity index (χ3v) is 5.66. The number of rotatable bonds is 4. The number of nitrogens with one attached hydrogen (secondary N) is 2. The van der Waals surface area contributed by atoms with Crippen molar-refractivity contribution >= 4 is 11.6 Å². The third kappa shape index (κ3) is 4.05. The lowest BCUT2D eigenvalue weighted by Crippen LogP contribution is -2.60. The van der Waals surface area contributed by atoms with Crippen molar-refractivity contribution in [2.24, 2.45) is 0 Å². The van der Waals surface area contributed by atoms with Crippen molar-refractivity contribution in [2.75, 3.05) is 19.8 Å². The van der Waals surface area contributed by atoms with Gasteiger partial charge in [0.25, 0.3) is 5.91 Å². The highest BCUT2D eigenvalue weighted by molar-refractivity contribution is 5.88. The Balaban J connectivity index is 1.62. The Kier molecular flexibility index (Phi) is 5.52. The van der Waals surface area contributed by atoms with E-state index in [1.807, 2.05) is 0 Å². The SMILES string of the molecule is O=C(NC1(CO)CCOCC1)C1NC(c2ccc(C(F)(F)F)cc2F)=C2C=CC=CN21. The van der Waals surface area contributed by atoms with E-state index in [2.05, 4.69) is 10.6 Å². The van der Waals surface area contributed by atoms with Crippen LogP contribution in [-0.2, 0) is 15.7 Å². The molecule has 3 aliphatic heterocycles. The lowest BCUT2D eigenvalue weighted by molar-refractivity contribution is -0.137. The normalized spacial score (nSPS) is 22.4. The van der Waals surface area contributed by atoms with Crippen LogP contribution in [0.3, 0.4) is 0 Å². The van der Waals surface area contributed by atoms with E-state index in [1.54, 1.807) is 29.3 Å². The first kappa shape index (κ1) is 21.4. The van der Waals surface area contributed by atoms with Crippen LogP contribution in [0.2, 0.25) is 0 Å². The molecular weight excluding hydrogens is 418 g/mol. The molecular formula is C21H21F4N3O3. The van der Waals surface area contributed by atoms with Crippen LogP contribution in [0.4, 0.5) is 17.6 Å². The number of aliphatic hydroxyl groups is 1. The van der Waals surface area contributed by atoms with E-state index >= 15 is 0 Å². The maximum atomic E-state index is 14.6. The first-order valence-corrected chi connectivity index (χ1v) is 9.76. The van der Waals surface area contributed by atoms with Gasteiger partial charge < -0.3 is 25.4 Å². The largest absolute Gasteiger partial charge is 0.416 e. The maximum Gasteiger partial charge on any atom is 0.416 e. The summed E-state index contributed by atoms with van der Waals surface area (Å²) in [5.41, 5.74) is -1.34. The number of hydrogen-bond acceptors (Lipinski definition) is 5. The number of benzene rings is 1. The number of fused-ring (bicyclic) bond motifs is 1. The summed E-state index contributed by atoms with van der Waals surface area (Å²) in [6, 6.07) is 2.29. The Bertz CT molecular complexity index is 965. The van der Waals surface area contributed by atoms with Crippen molar-refractivity contribution < 1.29 is 32.2 Å². The molecule has 0 radical (unpaired) electrons. The van der Waals surface area contributed by atoms with Crippen molar-refractivity contribution in [1.82, 2.24) is 15.5 Å². The van der Waals surface area contributed by atoms with Crippen LogP contribution in [0, 0.1) is 5.82 Å². The molecule has 4 rings (SSSR count). The molecule has 1 aromatic rings. The minimum absolute atomic E-state index is 0.0776. The summed E-state index contributed by atoms with van der Waals surface area (Å²) in [5.74, 6) is -1.50. The van der Waals surface area contributed by atoms with E-state index in [0.29, 0.717) is 37.8 Å². The molecule has 3 aliphatic rings. The number of allylic oxidation sites excluding steroid dienone is 3. The second-order valence-electron chi connectivity index (χ2n) is 7.65. The second kappa shape index (κ2) is 8.01. The molecule has 0 aliphatic carbocycles. The van der Waals surface area contributed by atoms with E-state index in [4.69, 9.17) is 4.74 Å². The highest BCUT2D eigenvalue weighted by Gasteiger charge is 2.41. The van der Waals surface area contributed by atoms with E-state index in [9.17, 15) is 27.5 Å². The van der Waals surface area contributed by atoms with Gasteiger partial charge in [0.15, 0.2) is 6.17 Å². The zero-order valence-corrected chi connectivity index (χ0v) is 16.4. The maximum absolute atomic E-state index is 14.6. The fourth-order valence-electron chi connectivity index (χ4n) is 3.89. The van der Waals surface area contributed by atoms with Crippen LogP contribution in [0.1, 0.15) is 24.0 Å². The number of hydrogen-bond donors (Lipinski definition) is 3. The van der Waals surface area contributed by atoms with Gasteiger partial charge in [-0.2, -0.15) is 13.2 Å². The number of alkyl halides is 3. The first-order valence-electron chi connectivity index (χ1n) is 9.76. The summed E-state index contributed by atoms with van der Waals surface area (Å²) in [4.78, 5) is 14.7. The molecule has 0 bridgehead atoms. The monoisotopic (exact) mass is 439 g/mol. The van der Waals surface area contributed by atoms with Crippen LogP contribution in [0.5, 0.6) is 0 Å². The third-order valence-electron chi connectivity index (χ3n) is 5.66. The fraction of sp³-hybridized carbons (Fsp3) is 0.381. The average Bonchev–Trinajstić information content (AvgIpc) is 3.13. The summed E-state index contributed by atoms with van der Waals surface area (Å²) >= 11 is 0. The Morgan fingerprint density at radius 1 is 1.29 bits per heavy atom. The number of amides is 1. The molecule has 1 amide bonds. The zero-order chi connectivity index (χ0) is 22.2. The zero-order valence-electron chi connectivity index (χ0n) is 16.4. The molecule has 0 spiro atoms. The van der Waals surface area contributed by atoms with E-state index in [1.165, 1.54) is 0 Å². The Hall–Kier alpha value is -2.85. The summed E-state index contributed by atoms with van der Waals surface area (Å²) in [6.07, 6.45) is 1.90. The van der Waals surface area contributed by atoms with Gasteiger partial charge in [0.1, 0.15) is 5.82 Å². The first-order chi connectivity index (χ1) is 14.7. The number of aliphatic hydroxyl groups excluding tert-OH is 1. The van der Waals surface area contributed by atoms with Crippen molar-refractivity contribution in [3.63, 3.8) is 0 Å². The second-order valence-corrected chi connectivity index (χ2v) is 7.65. The van der Waals surface area contributed by atoms with Crippen LogP contribution < -0.4 is 10.6 Å². The standard InChI is InChI=1S/C21H21F4N3O3/c22-15-11-13(21(23,24)25)4-5-14(15)17-16-3-1-2-8-28(16)18(26-17)19(30)27-20(12-29)6-9-31-10-7-20/h1-5,8,11,18,26,29H,6-7,9-10,12H2,(H,27,30). The lowest BCUT2D eigenvalue weighted by atomic mass is 9.91. The van der Waals surface area contributed by atoms with Crippen molar-refractivity contribution in [3.8, 4) is 0 Å². The van der Waals surface area contributed by atoms with Crippen LogP contribution in [-0.4, -0.2) is 47.4 Å². The van der Waals surface area contributed by atoms with E-state index < -0.39 is 35.2 Å². The Morgan fingerprint density at radius 3 is 2.68 bits per heavy atom. The smallest absolute Gasteiger partial charge is 0.394 e. The van der Waals surface area contributed by atoms with Gasteiger partial charge in [-0.05, 0) is 43.2 Å². The minimum atomic E-state index is -4.66.